The first-order valence-corrected chi connectivity index (χ1v) is 8.91. The fourth-order valence-electron chi connectivity index (χ4n) is 4.45. The minimum atomic E-state index is 0.512. The van der Waals surface area contributed by atoms with E-state index in [1.54, 1.807) is 0 Å². The number of piperidine rings is 1. The van der Waals surface area contributed by atoms with Crippen LogP contribution in [0.3, 0.4) is 0 Å². The second kappa shape index (κ2) is 7.42. The van der Waals surface area contributed by atoms with Crippen LogP contribution < -0.4 is 5.32 Å². The van der Waals surface area contributed by atoms with Gasteiger partial charge in [0.05, 0.1) is 0 Å². The summed E-state index contributed by atoms with van der Waals surface area (Å²) < 4.78 is 0. The molecule has 2 fully saturated rings. The second-order valence-corrected chi connectivity index (χ2v) is 6.75. The smallest absolute Gasteiger partial charge is 0.0332 e. The van der Waals surface area contributed by atoms with Crippen LogP contribution in [-0.2, 0) is 0 Å². The van der Waals surface area contributed by atoms with Crippen LogP contribution in [-0.4, -0.2) is 30.6 Å². The summed E-state index contributed by atoms with van der Waals surface area (Å²) in [6.45, 7) is 5.85. The monoisotopic (exact) mass is 286 g/mol. The third-order valence-electron chi connectivity index (χ3n) is 5.47. The summed E-state index contributed by atoms with van der Waals surface area (Å²) >= 11 is 0. The van der Waals surface area contributed by atoms with Crippen molar-refractivity contribution in [2.45, 2.75) is 57.5 Å². The first kappa shape index (κ1) is 15.1. The zero-order valence-electron chi connectivity index (χ0n) is 13.4. The van der Waals surface area contributed by atoms with Crippen LogP contribution in [0.1, 0.15) is 57.1 Å². The van der Waals surface area contributed by atoms with E-state index in [9.17, 15) is 0 Å². The molecule has 1 aromatic carbocycles. The second-order valence-electron chi connectivity index (χ2n) is 6.75. The maximum Gasteiger partial charge on any atom is 0.0332 e. The Kier molecular flexibility index (Phi) is 5.32. The molecule has 3 unspecified atom stereocenters. The highest BCUT2D eigenvalue weighted by molar-refractivity contribution is 5.18. The van der Waals surface area contributed by atoms with Crippen LogP contribution in [0, 0.1) is 5.92 Å². The van der Waals surface area contributed by atoms with Crippen molar-refractivity contribution in [2.75, 3.05) is 19.6 Å². The zero-order chi connectivity index (χ0) is 14.5. The van der Waals surface area contributed by atoms with E-state index in [0.29, 0.717) is 6.04 Å². The van der Waals surface area contributed by atoms with Crippen molar-refractivity contribution in [2.24, 2.45) is 5.92 Å². The molecule has 1 aliphatic carbocycles. The molecule has 0 spiro atoms. The lowest BCUT2D eigenvalue weighted by molar-refractivity contribution is 0.108. The molecular formula is C19H30N2. The van der Waals surface area contributed by atoms with Crippen molar-refractivity contribution in [3.8, 4) is 0 Å². The van der Waals surface area contributed by atoms with Crippen molar-refractivity contribution >= 4 is 0 Å². The highest BCUT2D eigenvalue weighted by Gasteiger charge is 2.34. The van der Waals surface area contributed by atoms with Gasteiger partial charge in [0, 0.05) is 18.6 Å². The minimum Gasteiger partial charge on any atom is -0.310 e. The predicted octanol–water partition coefficient (Wildman–Crippen LogP) is 3.99. The molecule has 0 radical (unpaired) electrons. The van der Waals surface area contributed by atoms with Gasteiger partial charge < -0.3 is 10.2 Å². The summed E-state index contributed by atoms with van der Waals surface area (Å²) in [6, 6.07) is 12.4. The van der Waals surface area contributed by atoms with Crippen molar-refractivity contribution < 1.29 is 0 Å². The summed E-state index contributed by atoms with van der Waals surface area (Å²) in [5, 5.41) is 3.67. The summed E-state index contributed by atoms with van der Waals surface area (Å²) in [5.41, 5.74) is 1.44. The molecule has 2 nitrogen and oxygen atoms in total. The molecule has 1 heterocycles. The molecule has 2 aliphatic rings. The molecule has 0 aromatic heterocycles. The molecule has 1 N–H and O–H groups in total. The van der Waals surface area contributed by atoms with E-state index >= 15 is 0 Å². The molecule has 3 rings (SSSR count). The van der Waals surface area contributed by atoms with E-state index in [1.165, 1.54) is 57.2 Å². The number of likely N-dealkylation sites (tertiary alicyclic amines) is 1. The maximum atomic E-state index is 3.67. The average Bonchev–Trinajstić information content (AvgIpc) is 3.01. The quantitative estimate of drug-likeness (QED) is 0.850. The highest BCUT2D eigenvalue weighted by Crippen LogP contribution is 2.37. The molecular weight excluding hydrogens is 256 g/mol. The fourth-order valence-corrected chi connectivity index (χ4v) is 4.45. The molecule has 1 saturated carbocycles. The van der Waals surface area contributed by atoms with Gasteiger partial charge >= 0.3 is 0 Å². The van der Waals surface area contributed by atoms with Gasteiger partial charge in [0.25, 0.3) is 0 Å². The standard InChI is InChI=1S/C19H30N2/c1-2-20-18(16-8-4-3-5-9-16)13-15-21-14-7-11-17-10-6-12-19(17)21/h3-5,8-9,17-20H,2,6-7,10-15H2,1H3. The summed E-state index contributed by atoms with van der Waals surface area (Å²) in [7, 11) is 0. The Bertz CT molecular complexity index is 417. The normalized spacial score (nSPS) is 27.5. The van der Waals surface area contributed by atoms with E-state index < -0.39 is 0 Å². The van der Waals surface area contributed by atoms with Crippen LogP contribution in [0.25, 0.3) is 0 Å². The highest BCUT2D eigenvalue weighted by atomic mass is 15.2. The van der Waals surface area contributed by atoms with Crippen LogP contribution in [0.15, 0.2) is 30.3 Å². The van der Waals surface area contributed by atoms with Crippen molar-refractivity contribution in [1.29, 1.82) is 0 Å². The Labute approximate surface area is 129 Å². The number of hydrogen-bond acceptors (Lipinski definition) is 2. The molecule has 21 heavy (non-hydrogen) atoms. The van der Waals surface area contributed by atoms with Gasteiger partial charge in [0.15, 0.2) is 0 Å². The number of hydrogen-bond donors (Lipinski definition) is 1. The van der Waals surface area contributed by atoms with Crippen LogP contribution in [0.2, 0.25) is 0 Å². The van der Waals surface area contributed by atoms with E-state index in [4.69, 9.17) is 0 Å². The lowest BCUT2D eigenvalue weighted by Crippen LogP contribution is -2.43. The number of nitrogens with one attached hydrogen (secondary N) is 1. The third kappa shape index (κ3) is 3.67. The van der Waals surface area contributed by atoms with E-state index in [2.05, 4.69) is 47.5 Å². The number of rotatable bonds is 6. The number of benzene rings is 1. The van der Waals surface area contributed by atoms with Gasteiger partial charge in [-0.15, -0.1) is 0 Å². The first-order valence-electron chi connectivity index (χ1n) is 8.91. The van der Waals surface area contributed by atoms with Gasteiger partial charge in [0.2, 0.25) is 0 Å². The molecule has 1 aromatic rings. The van der Waals surface area contributed by atoms with Crippen molar-refractivity contribution in [3.05, 3.63) is 35.9 Å². The molecule has 0 amide bonds. The van der Waals surface area contributed by atoms with E-state index in [-0.39, 0.29) is 0 Å². The van der Waals surface area contributed by atoms with Gasteiger partial charge in [0.1, 0.15) is 0 Å². The number of nitrogens with zero attached hydrogens (tertiary/aromatic N) is 1. The van der Waals surface area contributed by atoms with E-state index in [1.807, 2.05) is 0 Å². The van der Waals surface area contributed by atoms with E-state index in [0.717, 1.165) is 18.5 Å². The van der Waals surface area contributed by atoms with Crippen molar-refractivity contribution in [1.82, 2.24) is 10.2 Å². The molecule has 3 atom stereocenters. The summed E-state index contributed by atoms with van der Waals surface area (Å²) in [5.74, 6) is 1.01. The summed E-state index contributed by atoms with van der Waals surface area (Å²) in [4.78, 5) is 2.80. The van der Waals surface area contributed by atoms with Gasteiger partial charge in [-0.2, -0.15) is 0 Å². The van der Waals surface area contributed by atoms with Gasteiger partial charge in [-0.05, 0) is 56.7 Å². The van der Waals surface area contributed by atoms with Gasteiger partial charge in [-0.25, -0.2) is 0 Å². The first-order chi connectivity index (χ1) is 10.4. The lowest BCUT2D eigenvalue weighted by atomic mass is 9.91. The molecule has 2 heteroatoms. The lowest BCUT2D eigenvalue weighted by Gasteiger charge is -2.38. The SMILES string of the molecule is CCNC(CCN1CCCC2CCCC21)c1ccccc1. The zero-order valence-corrected chi connectivity index (χ0v) is 13.4. The topological polar surface area (TPSA) is 15.3 Å². The third-order valence-corrected chi connectivity index (χ3v) is 5.47. The Morgan fingerprint density at radius 3 is 2.76 bits per heavy atom. The Morgan fingerprint density at radius 1 is 1.14 bits per heavy atom. The Balaban J connectivity index is 1.59. The van der Waals surface area contributed by atoms with Crippen LogP contribution in [0.4, 0.5) is 0 Å². The van der Waals surface area contributed by atoms with Crippen molar-refractivity contribution in [3.63, 3.8) is 0 Å². The predicted molar refractivity (Wildman–Crippen MR) is 89.4 cm³/mol. The average molecular weight is 286 g/mol. The molecule has 1 aliphatic heterocycles. The molecule has 0 bridgehead atoms. The number of fused-ring (bicyclic) bond motifs is 1. The van der Waals surface area contributed by atoms with Crippen LogP contribution in [0.5, 0.6) is 0 Å². The van der Waals surface area contributed by atoms with Gasteiger partial charge in [-0.1, -0.05) is 43.7 Å². The minimum absolute atomic E-state index is 0.512. The maximum absolute atomic E-state index is 3.67. The fraction of sp³-hybridized carbons (Fsp3) is 0.684. The Hall–Kier alpha value is -0.860. The molecule has 1 saturated heterocycles. The largest absolute Gasteiger partial charge is 0.310 e. The van der Waals surface area contributed by atoms with Crippen LogP contribution >= 0.6 is 0 Å². The van der Waals surface area contributed by atoms with Gasteiger partial charge in [-0.3, -0.25) is 0 Å². The molecule has 116 valence electrons. The summed E-state index contributed by atoms with van der Waals surface area (Å²) in [6.07, 6.45) is 8.52. The Morgan fingerprint density at radius 2 is 1.95 bits per heavy atom.